The van der Waals surface area contributed by atoms with Crippen LogP contribution in [0.15, 0.2) is 65.7 Å². The van der Waals surface area contributed by atoms with Crippen molar-refractivity contribution >= 4 is 81.1 Å². The van der Waals surface area contributed by atoms with Gasteiger partial charge >= 0.3 is 0 Å². The van der Waals surface area contributed by atoms with Crippen molar-refractivity contribution in [2.45, 2.75) is 94.4 Å². The average molecular weight is 1210 g/mol. The van der Waals surface area contributed by atoms with Gasteiger partial charge in [0.15, 0.2) is 5.96 Å². The fraction of sp³-hybridized carbons (Fsp3) is 0.556. The highest BCUT2D eigenvalue weighted by molar-refractivity contribution is 14.1. The lowest BCUT2D eigenvalue weighted by Gasteiger charge is -2.35. The summed E-state index contributed by atoms with van der Waals surface area (Å²) in [5.74, 6) is -3.02. The number of nitrogens with zero attached hydrogens (tertiary/aromatic N) is 1. The van der Waals surface area contributed by atoms with Crippen LogP contribution in [0.3, 0.4) is 0 Å². The summed E-state index contributed by atoms with van der Waals surface area (Å²) in [7, 11) is 1.60. The van der Waals surface area contributed by atoms with Crippen LogP contribution >= 0.6 is 22.6 Å². The van der Waals surface area contributed by atoms with Crippen LogP contribution in [-0.2, 0) is 46.4 Å². The molecule has 0 saturated carbocycles. The fourth-order valence-electron chi connectivity index (χ4n) is 8.88. The van der Waals surface area contributed by atoms with Gasteiger partial charge < -0.3 is 91.3 Å². The number of benzene rings is 3. The van der Waals surface area contributed by atoms with Crippen LogP contribution in [0.1, 0.15) is 63.0 Å². The van der Waals surface area contributed by atoms with E-state index in [4.69, 9.17) is 22.9 Å². The van der Waals surface area contributed by atoms with Gasteiger partial charge in [0.1, 0.15) is 24.1 Å². The number of hydrogen-bond donors (Lipinski definition) is 16. The van der Waals surface area contributed by atoms with E-state index in [1.54, 1.807) is 19.2 Å². The Kier molecular flexibility index (Phi) is 28.9. The van der Waals surface area contributed by atoms with Crippen molar-refractivity contribution in [2.24, 2.45) is 33.3 Å². The molecule has 0 spiro atoms. The highest BCUT2D eigenvalue weighted by atomic mass is 127. The largest absolute Gasteiger partial charge is 0.507 e. The van der Waals surface area contributed by atoms with Crippen LogP contribution in [0.2, 0.25) is 0 Å². The third-order valence-corrected chi connectivity index (χ3v) is 14.5. The highest BCUT2D eigenvalue weighted by Crippen LogP contribution is 2.21. The number of amides is 6. The van der Waals surface area contributed by atoms with Gasteiger partial charge in [-0.25, -0.2) is 0 Å². The molecule has 1 unspecified atom stereocenters. The smallest absolute Gasteiger partial charge is 0.243 e. The van der Waals surface area contributed by atoms with Crippen molar-refractivity contribution < 1.29 is 38.7 Å². The Morgan fingerprint density at radius 3 is 1.94 bits per heavy atom. The molecule has 4 atom stereocenters. The molecular formula is C54H85IN16O8. The number of hydrogen-bond acceptors (Lipinski definition) is 16. The highest BCUT2D eigenvalue weighted by Gasteiger charge is 2.32. The Balaban J connectivity index is 1.32. The predicted octanol–water partition coefficient (Wildman–Crippen LogP) is -2.44. The van der Waals surface area contributed by atoms with Crippen molar-refractivity contribution in [3.63, 3.8) is 0 Å². The number of aromatic hydroxyl groups is 1. The number of guanidine groups is 1. The Bertz CT molecular complexity index is 2470. The number of aldehydes is 1. The minimum atomic E-state index is -1.22. The maximum Gasteiger partial charge on any atom is 0.243 e. The van der Waals surface area contributed by atoms with E-state index in [9.17, 15) is 38.7 Å². The number of nitrogens with two attached hydrogens (primary N) is 4. The Hall–Kier alpha value is -6.07. The Morgan fingerprint density at radius 2 is 1.30 bits per heavy atom. The average Bonchev–Trinajstić information content (AvgIpc) is 3.45. The summed E-state index contributed by atoms with van der Waals surface area (Å²) in [5, 5.41) is 45.3. The molecule has 3 aromatic rings. The Morgan fingerprint density at radius 1 is 0.696 bits per heavy atom. The van der Waals surface area contributed by atoms with E-state index in [-0.39, 0.29) is 93.5 Å². The summed E-state index contributed by atoms with van der Waals surface area (Å²) in [6, 6.07) is 14.0. The number of halogens is 1. The molecule has 0 bridgehead atoms. The van der Waals surface area contributed by atoms with Gasteiger partial charge in [-0.3, -0.25) is 33.8 Å². The van der Waals surface area contributed by atoms with E-state index in [1.807, 2.05) is 65.1 Å². The van der Waals surface area contributed by atoms with Gasteiger partial charge in [0.25, 0.3) is 0 Å². The molecule has 1 aliphatic rings. The molecule has 6 amide bonds. The summed E-state index contributed by atoms with van der Waals surface area (Å²) in [6.07, 6.45) is 2.34. The third-order valence-electron chi connectivity index (χ3n) is 13.6. The zero-order chi connectivity index (χ0) is 57.6. The monoisotopic (exact) mass is 1210 g/mol. The molecule has 79 heavy (non-hydrogen) atoms. The lowest BCUT2D eigenvalue weighted by atomic mass is 9.90. The molecule has 0 aliphatic carbocycles. The van der Waals surface area contributed by atoms with Crippen molar-refractivity contribution in [3.8, 4) is 5.75 Å². The number of rotatable bonds is 29. The molecule has 20 N–H and O–H groups in total. The van der Waals surface area contributed by atoms with E-state index in [1.165, 1.54) is 6.07 Å². The van der Waals surface area contributed by atoms with E-state index in [0.29, 0.717) is 66.5 Å². The van der Waals surface area contributed by atoms with Gasteiger partial charge in [0.2, 0.25) is 35.4 Å². The number of carbonyl (C=O) groups excluding carboxylic acids is 7. The van der Waals surface area contributed by atoms with E-state index < -0.39 is 59.9 Å². The normalized spacial score (nSPS) is 18.7. The summed E-state index contributed by atoms with van der Waals surface area (Å²) in [4.78, 5) is 97.2. The molecule has 436 valence electrons. The van der Waals surface area contributed by atoms with E-state index >= 15 is 0 Å². The lowest BCUT2D eigenvalue weighted by molar-refractivity contribution is -0.133. The molecule has 1 saturated heterocycles. The van der Waals surface area contributed by atoms with Crippen molar-refractivity contribution in [3.05, 3.63) is 75.4 Å². The van der Waals surface area contributed by atoms with Crippen LogP contribution in [-0.4, -0.2) is 175 Å². The maximum atomic E-state index is 14.3. The molecule has 1 heterocycles. The second kappa shape index (κ2) is 34.8. The first-order valence-corrected chi connectivity index (χ1v) is 28.1. The summed E-state index contributed by atoms with van der Waals surface area (Å²) in [5.41, 5.74) is 24.0. The Labute approximate surface area is 477 Å². The first kappa shape index (κ1) is 65.4. The summed E-state index contributed by atoms with van der Waals surface area (Å²) < 4.78 is 0.579. The SMILES string of the molecule is CN[C@H](CCCNC(=O)CCCC(=O)NC1(CN)CNCCNCC(C)(CN)CNCCNC1)C(=O)NC(CCCN=C(N)N)C(=O)N[C@@H](Cc1ccc2ccccc2c1)C(=O)NCC(=O)N[C@@H](C=O)Cc1ccc(O)c(I)c1. The van der Waals surface area contributed by atoms with Gasteiger partial charge in [-0.05, 0) is 102 Å². The van der Waals surface area contributed by atoms with Crippen LogP contribution in [0.5, 0.6) is 5.75 Å². The third kappa shape index (κ3) is 24.1. The number of phenolic OH excluding ortho intramolecular Hbond substituents is 1. The second-order valence-corrected chi connectivity index (χ2v) is 21.6. The van der Waals surface area contributed by atoms with Crippen LogP contribution in [0.25, 0.3) is 10.8 Å². The molecule has 3 aromatic carbocycles. The van der Waals surface area contributed by atoms with Crippen molar-refractivity contribution in [1.82, 2.24) is 58.5 Å². The zero-order valence-electron chi connectivity index (χ0n) is 45.7. The minimum absolute atomic E-state index is 0.0184. The topological polar surface area (TPSA) is 388 Å². The number of fused-ring (bicyclic) bond motifs is 1. The molecule has 0 radical (unpaired) electrons. The van der Waals surface area contributed by atoms with Crippen LogP contribution in [0, 0.1) is 8.99 Å². The summed E-state index contributed by atoms with van der Waals surface area (Å²) >= 11 is 1.96. The van der Waals surface area contributed by atoms with Crippen molar-refractivity contribution in [2.75, 3.05) is 92.1 Å². The maximum absolute atomic E-state index is 14.3. The molecule has 1 aliphatic heterocycles. The zero-order valence-corrected chi connectivity index (χ0v) is 47.8. The first-order valence-electron chi connectivity index (χ1n) is 27.0. The molecule has 0 aromatic heterocycles. The van der Waals surface area contributed by atoms with Gasteiger partial charge in [-0.2, -0.15) is 0 Å². The number of aliphatic imine (C=N–C) groups is 1. The summed E-state index contributed by atoms with van der Waals surface area (Å²) in [6.45, 7) is 8.04. The van der Waals surface area contributed by atoms with Crippen LogP contribution in [0.4, 0.5) is 0 Å². The number of likely N-dealkylation sites (N-methyl/N-ethyl adjacent to an activating group) is 1. The second-order valence-electron chi connectivity index (χ2n) is 20.4. The van der Waals surface area contributed by atoms with E-state index in [2.05, 4.69) is 70.4 Å². The molecule has 4 rings (SSSR count). The van der Waals surface area contributed by atoms with Gasteiger partial charge in [0.05, 0.1) is 27.7 Å². The predicted molar refractivity (Wildman–Crippen MR) is 314 cm³/mol. The van der Waals surface area contributed by atoms with Crippen LogP contribution < -0.4 is 81.4 Å². The van der Waals surface area contributed by atoms with Gasteiger partial charge in [-0.15, -0.1) is 0 Å². The van der Waals surface area contributed by atoms with Gasteiger partial charge in [-0.1, -0.05) is 55.5 Å². The number of carbonyl (C=O) groups is 7. The van der Waals surface area contributed by atoms with Crippen molar-refractivity contribution in [1.29, 1.82) is 0 Å². The fourth-order valence-corrected chi connectivity index (χ4v) is 9.46. The standard InChI is InChI=1S/C54H85IN16O8/c1-53(30-56)32-61-20-22-63-34-54(31-57,35-64-23-21-62-33-53)71-47(75)13-5-12-46(74)65-18-6-10-42(60-2)50(78)69-43(11-7-19-66-52(58)59)51(79)70-44(27-36-14-16-38-8-3-4-9-39(38)24-36)49(77)67-28-48(76)68-40(29-72)25-37-15-17-45(73)41(55)26-37/h3-4,8-9,14-17,24,26,29,40,42-44,60-64,73H,5-7,10-13,18-23,25,27-28,30-35,56-57H2,1-2H3,(H,65,74)(H,67,77)(H,68,76)(H,69,78)(H,70,79)(H,71,75)(H4,58,59,66)/t40-,42-,43?,44+,53?,54?/m1/s1. The van der Waals surface area contributed by atoms with Gasteiger partial charge in [0, 0.05) is 103 Å². The number of nitrogens with one attached hydrogen (secondary N) is 11. The van der Waals surface area contributed by atoms with E-state index in [0.717, 1.165) is 37.0 Å². The lowest BCUT2D eigenvalue weighted by Crippen LogP contribution is -2.65. The number of phenols is 1. The molecule has 25 heteroatoms. The first-order chi connectivity index (χ1) is 37.9. The minimum Gasteiger partial charge on any atom is -0.507 e. The quantitative estimate of drug-likeness (QED) is 0.0113. The molecular weight excluding hydrogens is 1130 g/mol. The molecule has 24 nitrogen and oxygen atoms in total. The molecule has 1 fully saturated rings.